The third-order valence-corrected chi connectivity index (χ3v) is 3.38. The zero-order chi connectivity index (χ0) is 12.6. The lowest BCUT2D eigenvalue weighted by atomic mass is 9.83. The van der Waals surface area contributed by atoms with Crippen molar-refractivity contribution in [2.45, 2.75) is 46.0 Å². The van der Waals surface area contributed by atoms with Crippen molar-refractivity contribution < 1.29 is 0 Å². The predicted octanol–water partition coefficient (Wildman–Crippen LogP) is 5.26. The molecule has 17 heavy (non-hydrogen) atoms. The number of rotatable bonds is 1. The van der Waals surface area contributed by atoms with Gasteiger partial charge < -0.3 is 0 Å². The second kappa shape index (κ2) is 4.18. The quantitative estimate of drug-likeness (QED) is 0.622. The van der Waals surface area contributed by atoms with E-state index in [1.807, 2.05) is 0 Å². The Morgan fingerprint density at radius 1 is 0.941 bits per heavy atom. The molecule has 0 amide bonds. The van der Waals surface area contributed by atoms with Crippen molar-refractivity contribution in [2.75, 3.05) is 0 Å². The Kier molecular flexibility index (Phi) is 2.99. The Hall–Kier alpha value is -1.30. The lowest BCUT2D eigenvalue weighted by molar-refractivity contribution is 0.596. The molecule has 0 N–H and O–H groups in total. The van der Waals surface area contributed by atoms with Crippen LogP contribution in [0.1, 0.15) is 51.7 Å². The zero-order valence-corrected chi connectivity index (χ0v) is 11.5. The first kappa shape index (κ1) is 12.2. The summed E-state index contributed by atoms with van der Waals surface area (Å²) >= 11 is 0. The van der Waals surface area contributed by atoms with Crippen LogP contribution in [-0.2, 0) is 5.41 Å². The molecule has 0 saturated carbocycles. The smallest absolute Gasteiger partial charge is 0.0126 e. The van der Waals surface area contributed by atoms with Crippen molar-refractivity contribution in [1.82, 2.24) is 0 Å². The highest BCUT2D eigenvalue weighted by Gasteiger charge is 2.16. The normalized spacial score (nSPS) is 12.4. The molecule has 2 rings (SSSR count). The van der Waals surface area contributed by atoms with Crippen LogP contribution < -0.4 is 0 Å². The van der Waals surface area contributed by atoms with Crippen molar-refractivity contribution in [3.05, 3.63) is 47.5 Å². The third kappa shape index (κ3) is 2.36. The predicted molar refractivity (Wildman–Crippen MR) is 76.7 cm³/mol. The van der Waals surface area contributed by atoms with E-state index in [0.29, 0.717) is 5.92 Å². The average Bonchev–Trinajstić information content (AvgIpc) is 2.26. The van der Waals surface area contributed by atoms with Gasteiger partial charge in [-0.2, -0.15) is 0 Å². The fourth-order valence-corrected chi connectivity index (χ4v) is 2.32. The van der Waals surface area contributed by atoms with E-state index in [1.165, 1.54) is 21.9 Å². The Labute approximate surface area is 105 Å². The van der Waals surface area contributed by atoms with Gasteiger partial charge in [0, 0.05) is 0 Å². The molecule has 0 heterocycles. The van der Waals surface area contributed by atoms with Crippen LogP contribution in [0.5, 0.6) is 0 Å². The van der Waals surface area contributed by atoms with Crippen molar-refractivity contribution in [2.24, 2.45) is 0 Å². The lowest BCUT2D eigenvalue weighted by Crippen LogP contribution is -2.11. The van der Waals surface area contributed by atoms with Gasteiger partial charge in [-0.1, -0.05) is 71.0 Å². The van der Waals surface area contributed by atoms with Gasteiger partial charge in [0.05, 0.1) is 0 Å². The number of hydrogen-bond donors (Lipinski definition) is 0. The van der Waals surface area contributed by atoms with Gasteiger partial charge >= 0.3 is 0 Å². The van der Waals surface area contributed by atoms with E-state index in [2.05, 4.69) is 71.0 Å². The van der Waals surface area contributed by atoms with E-state index in [4.69, 9.17) is 0 Å². The molecule has 0 spiro atoms. The number of benzene rings is 2. The molecule has 2 aromatic carbocycles. The molecule has 0 radical (unpaired) electrons. The zero-order valence-electron chi connectivity index (χ0n) is 11.5. The Bertz CT molecular complexity index is 527. The molecule has 0 saturated heterocycles. The van der Waals surface area contributed by atoms with E-state index >= 15 is 0 Å². The summed E-state index contributed by atoms with van der Waals surface area (Å²) < 4.78 is 0. The summed E-state index contributed by atoms with van der Waals surface area (Å²) in [6.45, 7) is 11.3. The molecular weight excluding hydrogens is 204 g/mol. The maximum Gasteiger partial charge on any atom is -0.0126 e. The molecule has 0 aliphatic heterocycles. The second-order valence-corrected chi connectivity index (χ2v) is 6.19. The van der Waals surface area contributed by atoms with E-state index in [1.54, 1.807) is 0 Å². The van der Waals surface area contributed by atoms with Gasteiger partial charge in [0.2, 0.25) is 0 Å². The third-order valence-electron chi connectivity index (χ3n) is 3.38. The topological polar surface area (TPSA) is 0 Å². The molecule has 0 fully saturated rings. The molecule has 0 atom stereocenters. The maximum atomic E-state index is 2.33. The number of fused-ring (bicyclic) bond motifs is 1. The van der Waals surface area contributed by atoms with Crippen LogP contribution in [0.4, 0.5) is 0 Å². The van der Waals surface area contributed by atoms with E-state index in [0.717, 1.165) is 0 Å². The Morgan fingerprint density at radius 2 is 1.65 bits per heavy atom. The fourth-order valence-electron chi connectivity index (χ4n) is 2.32. The van der Waals surface area contributed by atoms with E-state index < -0.39 is 0 Å². The molecule has 0 aromatic heterocycles. The summed E-state index contributed by atoms with van der Waals surface area (Å²) in [5.41, 5.74) is 3.06. The van der Waals surface area contributed by atoms with E-state index in [9.17, 15) is 0 Å². The minimum Gasteiger partial charge on any atom is -0.0613 e. The minimum atomic E-state index is 0.207. The lowest BCUT2D eigenvalue weighted by Gasteiger charge is -2.21. The Balaban J connectivity index is 2.67. The molecule has 0 aliphatic rings. The van der Waals surface area contributed by atoms with Gasteiger partial charge in [0.25, 0.3) is 0 Å². The molecule has 90 valence electrons. The summed E-state index contributed by atoms with van der Waals surface area (Å²) in [6.07, 6.45) is 0. The van der Waals surface area contributed by atoms with Crippen LogP contribution >= 0.6 is 0 Å². The van der Waals surface area contributed by atoms with E-state index in [-0.39, 0.29) is 5.41 Å². The maximum absolute atomic E-state index is 2.33. The highest BCUT2D eigenvalue weighted by atomic mass is 14.2. The highest BCUT2D eigenvalue weighted by molar-refractivity contribution is 5.87. The van der Waals surface area contributed by atoms with Crippen LogP contribution in [0, 0.1) is 0 Å². The summed E-state index contributed by atoms with van der Waals surface area (Å²) in [5, 5.41) is 2.76. The van der Waals surface area contributed by atoms with Gasteiger partial charge in [-0.15, -0.1) is 0 Å². The van der Waals surface area contributed by atoms with Gasteiger partial charge in [-0.25, -0.2) is 0 Å². The van der Waals surface area contributed by atoms with Crippen molar-refractivity contribution >= 4 is 10.8 Å². The van der Waals surface area contributed by atoms with Gasteiger partial charge in [-0.3, -0.25) is 0 Å². The molecular formula is C17H22. The van der Waals surface area contributed by atoms with Crippen LogP contribution in [0.15, 0.2) is 36.4 Å². The Morgan fingerprint density at radius 3 is 2.24 bits per heavy atom. The molecule has 0 nitrogen and oxygen atoms in total. The first-order valence-electron chi connectivity index (χ1n) is 6.43. The molecule has 0 unspecified atom stereocenters. The summed E-state index contributed by atoms with van der Waals surface area (Å²) in [6, 6.07) is 13.5. The summed E-state index contributed by atoms with van der Waals surface area (Å²) in [7, 11) is 0. The van der Waals surface area contributed by atoms with Crippen LogP contribution in [0.2, 0.25) is 0 Å². The molecule has 2 aromatic rings. The number of hydrogen-bond acceptors (Lipinski definition) is 0. The first-order valence-corrected chi connectivity index (χ1v) is 6.43. The monoisotopic (exact) mass is 226 g/mol. The molecule has 0 heteroatoms. The van der Waals surface area contributed by atoms with Crippen molar-refractivity contribution in [3.8, 4) is 0 Å². The van der Waals surface area contributed by atoms with Gasteiger partial charge in [0.15, 0.2) is 0 Å². The largest absolute Gasteiger partial charge is 0.0613 e. The van der Waals surface area contributed by atoms with Crippen molar-refractivity contribution in [3.63, 3.8) is 0 Å². The van der Waals surface area contributed by atoms with Crippen LogP contribution in [-0.4, -0.2) is 0 Å². The summed E-state index contributed by atoms with van der Waals surface area (Å²) in [5.74, 6) is 0.595. The molecule has 0 bridgehead atoms. The second-order valence-electron chi connectivity index (χ2n) is 6.19. The molecule has 0 aliphatic carbocycles. The highest BCUT2D eigenvalue weighted by Crippen LogP contribution is 2.31. The van der Waals surface area contributed by atoms with Crippen LogP contribution in [0.3, 0.4) is 0 Å². The van der Waals surface area contributed by atoms with Crippen LogP contribution in [0.25, 0.3) is 10.8 Å². The van der Waals surface area contributed by atoms with Gasteiger partial charge in [-0.05, 0) is 33.2 Å². The minimum absolute atomic E-state index is 0.207. The standard InChI is InChI=1S/C17H22/c1-12(2)13-9-10-15-14(11-13)7-6-8-16(15)17(3,4)5/h6-12H,1-5H3. The average molecular weight is 226 g/mol. The van der Waals surface area contributed by atoms with Crippen molar-refractivity contribution in [1.29, 1.82) is 0 Å². The van der Waals surface area contributed by atoms with Gasteiger partial charge in [0.1, 0.15) is 0 Å². The SMILES string of the molecule is CC(C)c1ccc2c(C(C)(C)C)cccc2c1. The first-order chi connectivity index (χ1) is 7.89. The summed E-state index contributed by atoms with van der Waals surface area (Å²) in [4.78, 5) is 0. The fraction of sp³-hybridized carbons (Fsp3) is 0.412.